The number of hydrogen-bond donors (Lipinski definition) is 1. The van der Waals surface area contributed by atoms with Crippen molar-refractivity contribution >= 4 is 0 Å². The van der Waals surface area contributed by atoms with Crippen LogP contribution in [0, 0.1) is 5.92 Å². The fraction of sp³-hybridized carbons (Fsp3) is 1.00. The molecule has 0 aromatic carbocycles. The highest BCUT2D eigenvalue weighted by molar-refractivity contribution is 4.89. The van der Waals surface area contributed by atoms with Gasteiger partial charge in [0, 0.05) is 18.1 Å². The molecular weight excluding hydrogens is 208 g/mol. The topological polar surface area (TPSA) is 29.3 Å². The Labute approximate surface area is 107 Å². The Hall–Kier alpha value is -0.0800. The van der Waals surface area contributed by atoms with Crippen molar-refractivity contribution in [3.05, 3.63) is 0 Å². The van der Waals surface area contributed by atoms with E-state index < -0.39 is 0 Å². The zero-order valence-electron chi connectivity index (χ0n) is 11.7. The lowest BCUT2D eigenvalue weighted by molar-refractivity contribution is 0.0485. The minimum atomic E-state index is 0.335. The van der Waals surface area contributed by atoms with E-state index in [2.05, 4.69) is 18.7 Å². The predicted octanol–water partition coefficient (Wildman–Crippen LogP) is 3.16. The molecular formula is C15H30N2. The van der Waals surface area contributed by atoms with Gasteiger partial charge in [0.2, 0.25) is 0 Å². The molecule has 100 valence electrons. The third kappa shape index (κ3) is 3.23. The Kier molecular flexibility index (Phi) is 4.87. The summed E-state index contributed by atoms with van der Waals surface area (Å²) in [6, 6.07) is 1.73. The standard InChI is InChI=1S/C15H30N2/c1-12(16)15-10-6-7-11-17(15)13(2)14-8-4-3-5-9-14/h12-15H,3-11,16H2,1-2H3. The van der Waals surface area contributed by atoms with Gasteiger partial charge in [-0.05, 0) is 52.0 Å². The zero-order chi connectivity index (χ0) is 12.3. The Morgan fingerprint density at radius 1 is 0.941 bits per heavy atom. The smallest absolute Gasteiger partial charge is 0.0247 e. The highest BCUT2D eigenvalue weighted by Crippen LogP contribution is 2.32. The molecule has 0 spiro atoms. The molecule has 1 saturated carbocycles. The predicted molar refractivity (Wildman–Crippen MR) is 74.0 cm³/mol. The summed E-state index contributed by atoms with van der Waals surface area (Å²) < 4.78 is 0. The monoisotopic (exact) mass is 238 g/mol. The number of piperidine rings is 1. The van der Waals surface area contributed by atoms with Crippen molar-refractivity contribution in [1.29, 1.82) is 0 Å². The second kappa shape index (κ2) is 6.19. The Morgan fingerprint density at radius 3 is 2.24 bits per heavy atom. The van der Waals surface area contributed by atoms with Crippen molar-refractivity contribution in [2.45, 2.75) is 83.3 Å². The second-order valence-electron chi connectivity index (χ2n) is 6.30. The van der Waals surface area contributed by atoms with E-state index in [0.717, 1.165) is 12.0 Å². The Bertz CT molecular complexity index is 221. The van der Waals surface area contributed by atoms with E-state index in [9.17, 15) is 0 Å². The van der Waals surface area contributed by atoms with E-state index in [1.807, 2.05) is 0 Å². The van der Waals surface area contributed by atoms with Gasteiger partial charge in [-0.1, -0.05) is 25.7 Å². The van der Waals surface area contributed by atoms with Gasteiger partial charge in [-0.25, -0.2) is 0 Å². The van der Waals surface area contributed by atoms with Crippen molar-refractivity contribution in [2.24, 2.45) is 11.7 Å². The van der Waals surface area contributed by atoms with Crippen LogP contribution in [0.3, 0.4) is 0 Å². The normalized spacial score (nSPS) is 32.3. The summed E-state index contributed by atoms with van der Waals surface area (Å²) in [7, 11) is 0. The molecule has 2 heteroatoms. The molecule has 1 aliphatic carbocycles. The molecule has 0 bridgehead atoms. The molecule has 2 rings (SSSR count). The maximum absolute atomic E-state index is 6.18. The maximum atomic E-state index is 6.18. The summed E-state index contributed by atoms with van der Waals surface area (Å²) in [5, 5.41) is 0. The Balaban J connectivity index is 1.97. The number of likely N-dealkylation sites (tertiary alicyclic amines) is 1. The fourth-order valence-electron chi connectivity index (χ4n) is 3.94. The first-order valence-corrected chi connectivity index (χ1v) is 7.71. The van der Waals surface area contributed by atoms with Crippen LogP contribution in [0.1, 0.15) is 65.2 Å². The lowest BCUT2D eigenvalue weighted by atomic mass is 9.82. The van der Waals surface area contributed by atoms with Crippen LogP contribution in [-0.4, -0.2) is 29.6 Å². The van der Waals surface area contributed by atoms with Crippen LogP contribution in [0.5, 0.6) is 0 Å². The van der Waals surface area contributed by atoms with Crippen LogP contribution >= 0.6 is 0 Å². The van der Waals surface area contributed by atoms with Gasteiger partial charge in [0.05, 0.1) is 0 Å². The van der Waals surface area contributed by atoms with Gasteiger partial charge in [-0.2, -0.15) is 0 Å². The molecule has 0 radical (unpaired) electrons. The molecule has 1 saturated heterocycles. The van der Waals surface area contributed by atoms with Crippen LogP contribution < -0.4 is 5.73 Å². The van der Waals surface area contributed by atoms with Crippen molar-refractivity contribution in [2.75, 3.05) is 6.54 Å². The van der Waals surface area contributed by atoms with Crippen molar-refractivity contribution in [1.82, 2.24) is 4.90 Å². The highest BCUT2D eigenvalue weighted by Gasteiger charge is 2.32. The zero-order valence-corrected chi connectivity index (χ0v) is 11.7. The van der Waals surface area contributed by atoms with Crippen LogP contribution in [0.25, 0.3) is 0 Å². The van der Waals surface area contributed by atoms with Gasteiger partial charge in [-0.3, -0.25) is 4.90 Å². The van der Waals surface area contributed by atoms with Crippen molar-refractivity contribution in [3.8, 4) is 0 Å². The first-order valence-electron chi connectivity index (χ1n) is 7.71. The molecule has 2 fully saturated rings. The number of nitrogens with zero attached hydrogens (tertiary/aromatic N) is 1. The van der Waals surface area contributed by atoms with E-state index in [4.69, 9.17) is 5.73 Å². The molecule has 0 aromatic heterocycles. The average molecular weight is 238 g/mol. The SMILES string of the molecule is CC(N)C1CCCCN1C(C)C1CCCCC1. The van der Waals surface area contributed by atoms with Crippen molar-refractivity contribution < 1.29 is 0 Å². The van der Waals surface area contributed by atoms with Gasteiger partial charge in [-0.15, -0.1) is 0 Å². The quantitative estimate of drug-likeness (QED) is 0.818. The largest absolute Gasteiger partial charge is 0.327 e. The number of hydrogen-bond acceptors (Lipinski definition) is 2. The average Bonchev–Trinajstić information content (AvgIpc) is 2.39. The molecule has 0 aromatic rings. The van der Waals surface area contributed by atoms with E-state index >= 15 is 0 Å². The van der Waals surface area contributed by atoms with Gasteiger partial charge in [0.15, 0.2) is 0 Å². The highest BCUT2D eigenvalue weighted by atomic mass is 15.2. The fourth-order valence-corrected chi connectivity index (χ4v) is 3.94. The van der Waals surface area contributed by atoms with Crippen LogP contribution in [0.4, 0.5) is 0 Å². The summed E-state index contributed by atoms with van der Waals surface area (Å²) in [5.74, 6) is 0.933. The molecule has 1 aliphatic heterocycles. The third-order valence-electron chi connectivity index (χ3n) is 5.05. The van der Waals surface area contributed by atoms with Crippen LogP contribution in [0.2, 0.25) is 0 Å². The summed E-state index contributed by atoms with van der Waals surface area (Å²) in [4.78, 5) is 2.74. The molecule has 2 nitrogen and oxygen atoms in total. The van der Waals surface area contributed by atoms with E-state index in [-0.39, 0.29) is 0 Å². The van der Waals surface area contributed by atoms with Crippen molar-refractivity contribution in [3.63, 3.8) is 0 Å². The number of nitrogens with two attached hydrogens (primary N) is 1. The van der Waals surface area contributed by atoms with Gasteiger partial charge in [0.1, 0.15) is 0 Å². The van der Waals surface area contributed by atoms with E-state index in [0.29, 0.717) is 12.1 Å². The first kappa shape index (κ1) is 13.4. The van der Waals surface area contributed by atoms with E-state index in [1.54, 1.807) is 0 Å². The van der Waals surface area contributed by atoms with Gasteiger partial charge < -0.3 is 5.73 Å². The molecule has 3 atom stereocenters. The number of rotatable bonds is 3. The minimum Gasteiger partial charge on any atom is -0.327 e. The first-order chi connectivity index (χ1) is 8.20. The van der Waals surface area contributed by atoms with Crippen LogP contribution in [-0.2, 0) is 0 Å². The van der Waals surface area contributed by atoms with Crippen LogP contribution in [0.15, 0.2) is 0 Å². The molecule has 2 N–H and O–H groups in total. The summed E-state index contributed by atoms with van der Waals surface area (Å²) >= 11 is 0. The molecule has 2 aliphatic rings. The summed E-state index contributed by atoms with van der Waals surface area (Å²) in [6.07, 6.45) is 11.3. The van der Waals surface area contributed by atoms with Gasteiger partial charge in [0.25, 0.3) is 0 Å². The second-order valence-corrected chi connectivity index (χ2v) is 6.30. The molecule has 17 heavy (non-hydrogen) atoms. The maximum Gasteiger partial charge on any atom is 0.0247 e. The van der Waals surface area contributed by atoms with Gasteiger partial charge >= 0.3 is 0 Å². The summed E-state index contributed by atoms with van der Waals surface area (Å²) in [6.45, 7) is 5.93. The summed E-state index contributed by atoms with van der Waals surface area (Å²) in [5.41, 5.74) is 6.18. The minimum absolute atomic E-state index is 0.335. The van der Waals surface area contributed by atoms with E-state index in [1.165, 1.54) is 57.9 Å². The third-order valence-corrected chi connectivity index (χ3v) is 5.05. The molecule has 1 heterocycles. The lowest BCUT2D eigenvalue weighted by Crippen LogP contribution is -2.54. The Morgan fingerprint density at radius 2 is 1.59 bits per heavy atom. The molecule has 3 unspecified atom stereocenters. The lowest BCUT2D eigenvalue weighted by Gasteiger charge is -2.45. The molecule has 0 amide bonds.